The Hall–Kier alpha value is -3.37. The summed E-state index contributed by atoms with van der Waals surface area (Å²) in [6, 6.07) is 14.8. The molecule has 0 aliphatic rings. The highest BCUT2D eigenvalue weighted by Gasteiger charge is 2.30. The number of amides is 1. The third kappa shape index (κ3) is 5.71. The summed E-state index contributed by atoms with van der Waals surface area (Å²) < 4.78 is 43.3. The van der Waals surface area contributed by atoms with Crippen LogP contribution >= 0.6 is 23.4 Å². The van der Waals surface area contributed by atoms with Gasteiger partial charge >= 0.3 is 6.18 Å². The molecule has 0 spiro atoms. The molecule has 1 N–H and O–H groups in total. The van der Waals surface area contributed by atoms with E-state index in [4.69, 9.17) is 16.1 Å². The lowest BCUT2D eigenvalue weighted by atomic mass is 10.1. The number of hydrogen-bond donors (Lipinski definition) is 1. The zero-order valence-electron chi connectivity index (χ0n) is 16.6. The van der Waals surface area contributed by atoms with Crippen molar-refractivity contribution < 1.29 is 22.5 Å². The smallest absolute Gasteiger partial charge is 0.354 e. The lowest BCUT2D eigenvalue weighted by molar-refractivity contribution is -0.137. The van der Waals surface area contributed by atoms with Gasteiger partial charge in [0.25, 0.3) is 0 Å². The Morgan fingerprint density at radius 3 is 2.55 bits per heavy atom. The van der Waals surface area contributed by atoms with Crippen LogP contribution in [0.25, 0.3) is 22.7 Å². The maximum absolute atomic E-state index is 12.6. The van der Waals surface area contributed by atoms with Crippen LogP contribution in [0.3, 0.4) is 0 Å². The highest BCUT2D eigenvalue weighted by Crippen LogP contribution is 2.31. The highest BCUT2D eigenvalue weighted by atomic mass is 35.5. The molecule has 0 aliphatic heterocycles. The van der Waals surface area contributed by atoms with Crippen molar-refractivity contribution in [1.82, 2.24) is 15.1 Å². The maximum Gasteiger partial charge on any atom is 0.416 e. The molecular weight excluding hydrogens is 477 g/mol. The van der Waals surface area contributed by atoms with Crippen molar-refractivity contribution in [2.24, 2.45) is 0 Å². The molecule has 0 atom stereocenters. The molecule has 11 heteroatoms. The predicted molar refractivity (Wildman–Crippen MR) is 119 cm³/mol. The van der Waals surface area contributed by atoms with Crippen LogP contribution in [0.2, 0.25) is 5.02 Å². The molecule has 1 amide bonds. The minimum absolute atomic E-state index is 0.0360. The summed E-state index contributed by atoms with van der Waals surface area (Å²) in [5.74, 6) is -0.0380. The number of carbonyl (C=O) groups excluding carboxylic acids is 1. The molecule has 33 heavy (non-hydrogen) atoms. The van der Waals surface area contributed by atoms with E-state index >= 15 is 0 Å². The number of anilines is 1. The molecule has 2 aromatic carbocycles. The zero-order chi connectivity index (χ0) is 23.4. The Balaban J connectivity index is 1.39. The molecule has 2 aromatic heterocycles. The summed E-state index contributed by atoms with van der Waals surface area (Å²) in [4.78, 5) is 20.7. The minimum Gasteiger partial charge on any atom is -0.354 e. The Morgan fingerprint density at radius 2 is 1.82 bits per heavy atom. The van der Waals surface area contributed by atoms with E-state index in [1.807, 2.05) is 18.2 Å². The molecular formula is C22H14ClF3N4O2S. The molecule has 0 saturated carbocycles. The second-order valence-electron chi connectivity index (χ2n) is 6.69. The third-order valence-electron chi connectivity index (χ3n) is 4.37. The lowest BCUT2D eigenvalue weighted by Crippen LogP contribution is -2.14. The molecule has 4 rings (SSSR count). The Labute approximate surface area is 195 Å². The van der Waals surface area contributed by atoms with E-state index in [1.165, 1.54) is 18.3 Å². The van der Waals surface area contributed by atoms with E-state index in [0.717, 1.165) is 29.5 Å². The van der Waals surface area contributed by atoms with Gasteiger partial charge < -0.3 is 9.84 Å². The standard InChI is InChI=1S/C22H14ClF3N4O2S/c23-16-4-2-1-3-15(16)18-11-19(32-30-18)17-9-10-27-21(29-17)33-12-20(31)28-14-7-5-13(6-8-14)22(24,25)26/h1-11H,12H2,(H,28,31). The van der Waals surface area contributed by atoms with Crippen LogP contribution in [0.5, 0.6) is 0 Å². The van der Waals surface area contributed by atoms with Crippen LogP contribution in [0.1, 0.15) is 5.56 Å². The molecule has 4 aromatic rings. The van der Waals surface area contributed by atoms with Crippen molar-refractivity contribution in [2.75, 3.05) is 11.1 Å². The van der Waals surface area contributed by atoms with Gasteiger partial charge in [-0.05, 0) is 36.4 Å². The Kier molecular flexibility index (Phi) is 6.66. The van der Waals surface area contributed by atoms with Gasteiger partial charge in [0.1, 0.15) is 11.4 Å². The topological polar surface area (TPSA) is 80.9 Å². The molecule has 0 fully saturated rings. The summed E-state index contributed by atoms with van der Waals surface area (Å²) in [5, 5.41) is 7.44. The molecule has 0 saturated heterocycles. The summed E-state index contributed by atoms with van der Waals surface area (Å²) in [6.45, 7) is 0. The molecule has 6 nitrogen and oxygen atoms in total. The Bertz CT molecular complexity index is 1280. The van der Waals surface area contributed by atoms with E-state index < -0.39 is 17.6 Å². The van der Waals surface area contributed by atoms with Crippen molar-refractivity contribution in [3.05, 3.63) is 77.4 Å². The first-order chi connectivity index (χ1) is 15.8. The largest absolute Gasteiger partial charge is 0.416 e. The number of benzene rings is 2. The average molecular weight is 491 g/mol. The van der Waals surface area contributed by atoms with Crippen LogP contribution in [-0.4, -0.2) is 26.8 Å². The van der Waals surface area contributed by atoms with Crippen molar-refractivity contribution in [3.63, 3.8) is 0 Å². The van der Waals surface area contributed by atoms with Gasteiger partial charge in [-0.1, -0.05) is 46.7 Å². The van der Waals surface area contributed by atoms with Crippen LogP contribution in [0, 0.1) is 0 Å². The molecule has 2 heterocycles. The van der Waals surface area contributed by atoms with Crippen molar-refractivity contribution >= 4 is 35.0 Å². The summed E-state index contributed by atoms with van der Waals surface area (Å²) in [6.07, 6.45) is -2.91. The normalized spacial score (nSPS) is 11.4. The number of nitrogens with one attached hydrogen (secondary N) is 1. The number of nitrogens with zero attached hydrogens (tertiary/aromatic N) is 3. The number of alkyl halides is 3. The first-order valence-electron chi connectivity index (χ1n) is 9.44. The molecule has 0 unspecified atom stereocenters. The van der Waals surface area contributed by atoms with E-state index in [1.54, 1.807) is 18.2 Å². The minimum atomic E-state index is -4.43. The van der Waals surface area contributed by atoms with Crippen molar-refractivity contribution in [1.29, 1.82) is 0 Å². The zero-order valence-corrected chi connectivity index (χ0v) is 18.2. The second-order valence-corrected chi connectivity index (χ2v) is 8.04. The van der Waals surface area contributed by atoms with Gasteiger partial charge in [-0.2, -0.15) is 13.2 Å². The maximum atomic E-state index is 12.6. The van der Waals surface area contributed by atoms with Gasteiger partial charge in [0, 0.05) is 23.5 Å². The first-order valence-corrected chi connectivity index (χ1v) is 10.8. The highest BCUT2D eigenvalue weighted by molar-refractivity contribution is 7.99. The van der Waals surface area contributed by atoms with Gasteiger partial charge in [-0.25, -0.2) is 9.97 Å². The first kappa shape index (κ1) is 22.8. The van der Waals surface area contributed by atoms with Crippen molar-refractivity contribution in [2.45, 2.75) is 11.3 Å². The molecule has 0 bridgehead atoms. The lowest BCUT2D eigenvalue weighted by Gasteiger charge is -2.08. The van der Waals surface area contributed by atoms with Gasteiger partial charge in [-0.3, -0.25) is 4.79 Å². The van der Waals surface area contributed by atoms with Crippen LogP contribution < -0.4 is 5.32 Å². The fourth-order valence-electron chi connectivity index (χ4n) is 2.81. The van der Waals surface area contributed by atoms with Gasteiger partial charge in [-0.15, -0.1) is 0 Å². The SMILES string of the molecule is O=C(CSc1nccc(-c2cc(-c3ccccc3Cl)no2)n1)Nc1ccc(C(F)(F)F)cc1. The number of hydrogen-bond acceptors (Lipinski definition) is 6. The van der Waals surface area contributed by atoms with Gasteiger partial charge in [0.2, 0.25) is 5.91 Å². The van der Waals surface area contributed by atoms with Crippen LogP contribution in [0.4, 0.5) is 18.9 Å². The summed E-state index contributed by atoms with van der Waals surface area (Å²) in [7, 11) is 0. The van der Waals surface area contributed by atoms with E-state index in [2.05, 4.69) is 20.4 Å². The predicted octanol–water partition coefficient (Wildman–Crippen LogP) is 6.20. The van der Waals surface area contributed by atoms with Crippen LogP contribution in [0.15, 0.2) is 76.5 Å². The fraction of sp³-hybridized carbons (Fsp3) is 0.0909. The molecule has 168 valence electrons. The van der Waals surface area contributed by atoms with Crippen LogP contribution in [-0.2, 0) is 11.0 Å². The third-order valence-corrected chi connectivity index (χ3v) is 5.57. The number of carbonyl (C=O) groups is 1. The summed E-state index contributed by atoms with van der Waals surface area (Å²) in [5.41, 5.74) is 1.22. The Morgan fingerprint density at radius 1 is 1.06 bits per heavy atom. The number of halogens is 4. The van der Waals surface area contributed by atoms with E-state index in [0.29, 0.717) is 27.3 Å². The number of aromatic nitrogens is 3. The average Bonchev–Trinajstić information content (AvgIpc) is 3.28. The monoisotopic (exact) mass is 490 g/mol. The van der Waals surface area contributed by atoms with Crippen molar-refractivity contribution in [3.8, 4) is 22.7 Å². The fourth-order valence-corrected chi connectivity index (χ4v) is 3.67. The molecule has 0 aliphatic carbocycles. The quantitative estimate of drug-likeness (QED) is 0.256. The summed E-state index contributed by atoms with van der Waals surface area (Å²) >= 11 is 7.27. The second kappa shape index (κ2) is 9.63. The van der Waals surface area contributed by atoms with Gasteiger partial charge in [0.05, 0.1) is 16.3 Å². The molecule has 0 radical (unpaired) electrons. The van der Waals surface area contributed by atoms with Gasteiger partial charge in [0.15, 0.2) is 10.9 Å². The number of thioether (sulfide) groups is 1. The van der Waals surface area contributed by atoms with E-state index in [-0.39, 0.29) is 11.4 Å². The van der Waals surface area contributed by atoms with E-state index in [9.17, 15) is 18.0 Å². The number of rotatable bonds is 6.